The largest absolute Gasteiger partial charge is 1.00 e. The highest BCUT2D eigenvalue weighted by molar-refractivity contribution is 5.75. The molecular formula is C50H84Br2N4O4. The predicted octanol–water partition coefficient (Wildman–Crippen LogP) is 1.96. The zero-order valence-corrected chi connectivity index (χ0v) is 42.4. The number of carbonyl (C=O) groups excluding carboxylic acids is 2. The van der Waals surface area contributed by atoms with E-state index < -0.39 is 0 Å². The van der Waals surface area contributed by atoms with Crippen molar-refractivity contribution in [1.29, 1.82) is 0 Å². The second kappa shape index (κ2) is 16.7. The van der Waals surface area contributed by atoms with E-state index in [0.29, 0.717) is 36.2 Å². The summed E-state index contributed by atoms with van der Waals surface area (Å²) in [6, 6.07) is -0.0379. The molecule has 5 aliphatic carbocycles. The first-order valence-corrected chi connectivity index (χ1v) is 24.7. The van der Waals surface area contributed by atoms with Crippen LogP contribution in [0.2, 0.25) is 0 Å². The van der Waals surface area contributed by atoms with Crippen LogP contribution in [0.15, 0.2) is 12.2 Å². The van der Waals surface area contributed by atoms with Gasteiger partial charge in [-0.2, -0.15) is 0 Å². The van der Waals surface area contributed by atoms with Crippen LogP contribution in [0.3, 0.4) is 0 Å². The first-order chi connectivity index (χ1) is 27.5. The van der Waals surface area contributed by atoms with Crippen molar-refractivity contribution in [1.82, 2.24) is 9.80 Å². The summed E-state index contributed by atoms with van der Waals surface area (Å²) in [6.07, 6.45) is 13.8. The van der Waals surface area contributed by atoms with Crippen LogP contribution in [-0.4, -0.2) is 134 Å². The Kier molecular flexibility index (Phi) is 13.2. The number of carbonyl (C=O) groups is 2. The molecular weight excluding hydrogens is 880 g/mol. The number of esters is 2. The minimum Gasteiger partial charge on any atom is -1.00 e. The molecule has 8 nitrogen and oxygen atoms in total. The van der Waals surface area contributed by atoms with Crippen molar-refractivity contribution in [2.75, 3.05) is 85.1 Å². The number of quaternary nitrogens is 2. The average Bonchev–Trinajstić information content (AvgIpc) is 3.60. The molecule has 0 aromatic rings. The topological polar surface area (TPSA) is 59.1 Å². The van der Waals surface area contributed by atoms with Gasteiger partial charge in [-0.1, -0.05) is 60.6 Å². The summed E-state index contributed by atoms with van der Waals surface area (Å²) in [7, 11) is 0. The summed E-state index contributed by atoms with van der Waals surface area (Å²) >= 11 is 0. The summed E-state index contributed by atoms with van der Waals surface area (Å²) in [4.78, 5) is 33.7. The molecule has 5 saturated carbocycles. The van der Waals surface area contributed by atoms with E-state index in [1.54, 1.807) is 0 Å². The quantitative estimate of drug-likeness (QED) is 0.190. The molecule has 11 fully saturated rings. The highest BCUT2D eigenvalue weighted by Crippen LogP contribution is 2.77. The molecule has 0 aromatic carbocycles. The van der Waals surface area contributed by atoms with E-state index in [9.17, 15) is 9.59 Å². The Labute approximate surface area is 386 Å². The summed E-state index contributed by atoms with van der Waals surface area (Å²) < 4.78 is 15.4. The van der Waals surface area contributed by atoms with Gasteiger partial charge in [0.1, 0.15) is 6.10 Å². The molecule has 6 unspecified atom stereocenters. The summed E-state index contributed by atoms with van der Waals surface area (Å²) in [5, 5.41) is 0. The fourth-order valence-corrected chi connectivity index (χ4v) is 18.1. The third-order valence-electron chi connectivity index (χ3n) is 21.7. The van der Waals surface area contributed by atoms with E-state index in [2.05, 4.69) is 71.8 Å². The Morgan fingerprint density at radius 1 is 0.667 bits per heavy atom. The van der Waals surface area contributed by atoms with Gasteiger partial charge in [0.15, 0.2) is 12.1 Å². The molecule has 0 aromatic heterocycles. The zero-order valence-electron chi connectivity index (χ0n) is 39.2. The Balaban J connectivity index is 0.00000272. The smallest absolute Gasteiger partial charge is 0.365 e. The molecule has 0 spiro atoms. The van der Waals surface area contributed by atoms with E-state index in [1.165, 1.54) is 63.4 Å². The third kappa shape index (κ3) is 6.95. The van der Waals surface area contributed by atoms with Crippen LogP contribution < -0.4 is 34.0 Å². The van der Waals surface area contributed by atoms with E-state index >= 15 is 0 Å². The number of hydrogen-bond acceptors (Lipinski definition) is 6. The lowest BCUT2D eigenvalue weighted by Crippen LogP contribution is -3.00. The monoisotopic (exact) mass is 962 g/mol. The Morgan fingerprint density at radius 2 is 1.22 bits per heavy atom. The molecule has 60 heavy (non-hydrogen) atoms. The Bertz CT molecular complexity index is 1600. The second-order valence-corrected chi connectivity index (χ2v) is 23.8. The van der Waals surface area contributed by atoms with Gasteiger partial charge in [-0.15, -0.1) is 0 Å². The molecule has 0 amide bonds. The van der Waals surface area contributed by atoms with Crippen molar-refractivity contribution >= 4 is 11.9 Å². The van der Waals surface area contributed by atoms with Crippen LogP contribution in [0.5, 0.6) is 0 Å². The number of nitrogens with zero attached hydrogens (tertiary/aromatic N) is 4. The van der Waals surface area contributed by atoms with Crippen LogP contribution in [-0.2, 0) is 19.1 Å². The van der Waals surface area contributed by atoms with Crippen molar-refractivity contribution in [2.45, 2.75) is 151 Å². The van der Waals surface area contributed by atoms with Gasteiger partial charge in [-0.05, 0) is 117 Å². The van der Waals surface area contributed by atoms with E-state index in [0.717, 1.165) is 107 Å². The standard InChI is InChI=1S/C50H84N4O4.2BrH/c1-10-38(53-28-22-51(23-29-53)24-30-53)44(55)57-34-50-19-14-36(35(3)4)43(50)37-12-13-41-47(7)17-16-42(46(5,6)40(47)15-18-49(41,9)48(37,8)20-21-50)58-45(56)39(11-2)54-31-25-52(26-32-54)27-33-54;;/h36-43H,3,10-34H2,1-2,4-9H3;2*1H/q+2;;/p-2/t36-,37?,38?,39?,40?,41?,42-,43?,47-,48+,49+,50+;;/m0../s1. The van der Waals surface area contributed by atoms with Gasteiger partial charge in [0, 0.05) is 62.9 Å². The molecule has 0 radical (unpaired) electrons. The molecule has 6 aliphatic heterocycles. The lowest BCUT2D eigenvalue weighted by atomic mass is 9.32. The van der Waals surface area contributed by atoms with Gasteiger partial charge < -0.3 is 52.4 Å². The molecule has 342 valence electrons. The van der Waals surface area contributed by atoms with Gasteiger partial charge in [-0.3, -0.25) is 9.80 Å². The first kappa shape index (κ1) is 47.4. The Hall–Kier alpha value is -0.520. The van der Waals surface area contributed by atoms with Gasteiger partial charge in [0.25, 0.3) is 0 Å². The minimum atomic E-state index is -0.0496. The van der Waals surface area contributed by atoms with Crippen molar-refractivity contribution in [3.63, 3.8) is 0 Å². The van der Waals surface area contributed by atoms with Crippen LogP contribution >= 0.6 is 0 Å². The molecule has 12 atom stereocenters. The number of rotatable bonds is 10. The number of hydrogen-bond donors (Lipinski definition) is 0. The average molecular weight is 965 g/mol. The van der Waals surface area contributed by atoms with Crippen molar-refractivity contribution in [3.05, 3.63) is 12.2 Å². The minimum absolute atomic E-state index is 0. The summed E-state index contributed by atoms with van der Waals surface area (Å²) in [6.45, 7) is 38.4. The predicted molar refractivity (Wildman–Crippen MR) is 231 cm³/mol. The maximum absolute atomic E-state index is 14.3. The SMILES string of the molecule is C=C(C)[C@@H]1CC[C@]2(COC(=O)C(CC)[N+]34CCN(CC3)CC4)CC[C@]3(C)C(CCC4[C@@]5(C)CC[C@H](OC(=O)C(CC)[N+]67CCN(CC6)CC7)C(C)(C)C5CC[C@]43C)C12.[Br-].[Br-]. The van der Waals surface area contributed by atoms with E-state index in [4.69, 9.17) is 9.47 Å². The number of fused-ring (bicyclic) bond motifs is 13. The van der Waals surface area contributed by atoms with Crippen LogP contribution in [0.4, 0.5) is 0 Å². The van der Waals surface area contributed by atoms with Crippen LogP contribution in [0.25, 0.3) is 0 Å². The van der Waals surface area contributed by atoms with Crippen molar-refractivity contribution in [2.24, 2.45) is 56.7 Å². The molecule has 4 bridgehead atoms. The highest BCUT2D eigenvalue weighted by atomic mass is 79.9. The summed E-state index contributed by atoms with van der Waals surface area (Å²) in [5.74, 6) is 3.09. The van der Waals surface area contributed by atoms with Gasteiger partial charge >= 0.3 is 11.9 Å². The van der Waals surface area contributed by atoms with Gasteiger partial charge in [0.2, 0.25) is 0 Å². The lowest BCUT2D eigenvalue weighted by molar-refractivity contribution is -0.955. The van der Waals surface area contributed by atoms with Gasteiger partial charge in [0.05, 0.1) is 45.9 Å². The van der Waals surface area contributed by atoms with Crippen molar-refractivity contribution < 1.29 is 62.0 Å². The lowest BCUT2D eigenvalue weighted by Gasteiger charge is -2.73. The van der Waals surface area contributed by atoms with E-state index in [-0.39, 0.29) is 91.2 Å². The maximum atomic E-state index is 14.3. The third-order valence-corrected chi connectivity index (χ3v) is 21.7. The number of halogens is 2. The molecule has 11 aliphatic rings. The molecule has 6 heterocycles. The fourth-order valence-electron chi connectivity index (χ4n) is 18.1. The van der Waals surface area contributed by atoms with E-state index in [1.807, 2.05) is 0 Å². The summed E-state index contributed by atoms with van der Waals surface area (Å²) in [5.41, 5.74) is 2.11. The first-order valence-electron chi connectivity index (χ1n) is 24.7. The molecule has 6 saturated heterocycles. The number of allylic oxidation sites excluding steroid dienone is 1. The fraction of sp³-hybridized carbons (Fsp3) is 0.920. The zero-order chi connectivity index (χ0) is 41.1. The number of ether oxygens (including phenoxy) is 2. The normalized spacial score (nSPS) is 48.1. The van der Waals surface area contributed by atoms with Crippen LogP contribution in [0, 0.1) is 56.7 Å². The van der Waals surface area contributed by atoms with Crippen LogP contribution in [0.1, 0.15) is 132 Å². The number of piperazine rings is 6. The maximum Gasteiger partial charge on any atom is 0.365 e. The highest BCUT2D eigenvalue weighted by Gasteiger charge is 2.71. The van der Waals surface area contributed by atoms with Gasteiger partial charge in [-0.25, -0.2) is 9.59 Å². The second-order valence-electron chi connectivity index (χ2n) is 23.8. The molecule has 11 rings (SSSR count). The van der Waals surface area contributed by atoms with Crippen molar-refractivity contribution in [3.8, 4) is 0 Å². The Morgan fingerprint density at radius 3 is 1.75 bits per heavy atom. The molecule has 0 N–H and O–H groups in total. The molecule has 10 heteroatoms.